The normalized spacial score (nSPS) is 11.7. The Morgan fingerprint density at radius 2 is 1.81 bits per heavy atom. The van der Waals surface area contributed by atoms with Crippen molar-refractivity contribution in [1.82, 2.24) is 5.32 Å². The van der Waals surface area contributed by atoms with E-state index < -0.39 is 5.82 Å². The number of Topliss-reactive ketones (excluding diaryl/α,β-unsaturated/α-hetero) is 1. The van der Waals surface area contributed by atoms with Gasteiger partial charge in [0.2, 0.25) is 5.91 Å². The average molecular weight is 357 g/mol. The molecule has 0 spiro atoms. The molecule has 2 rings (SSSR count). The summed E-state index contributed by atoms with van der Waals surface area (Å²) in [7, 11) is 1.40. The second kappa shape index (κ2) is 8.61. The van der Waals surface area contributed by atoms with Crippen LogP contribution in [-0.4, -0.2) is 18.8 Å². The summed E-state index contributed by atoms with van der Waals surface area (Å²) in [4.78, 5) is 24.3. The summed E-state index contributed by atoms with van der Waals surface area (Å²) in [6.07, 6.45) is 0.229. The molecule has 1 amide bonds. The first kappa shape index (κ1) is 19.6. The minimum atomic E-state index is -0.476. The number of aryl methyl sites for hydroxylation is 2. The zero-order chi connectivity index (χ0) is 19.3. The van der Waals surface area contributed by atoms with Gasteiger partial charge in [0.25, 0.3) is 0 Å². The number of amides is 1. The highest BCUT2D eigenvalue weighted by Gasteiger charge is 2.14. The Labute approximate surface area is 153 Å². The van der Waals surface area contributed by atoms with Crippen molar-refractivity contribution in [1.29, 1.82) is 0 Å². The molecule has 1 atom stereocenters. The summed E-state index contributed by atoms with van der Waals surface area (Å²) in [6, 6.07) is 9.74. The molecular weight excluding hydrogens is 333 g/mol. The summed E-state index contributed by atoms with van der Waals surface area (Å²) in [5, 5.41) is 2.79. The second-order valence-electron chi connectivity index (χ2n) is 6.41. The molecule has 0 heterocycles. The number of carbonyl (C=O) groups is 2. The van der Waals surface area contributed by atoms with Crippen LogP contribution in [0.25, 0.3) is 0 Å². The van der Waals surface area contributed by atoms with Gasteiger partial charge in [-0.15, -0.1) is 0 Å². The molecule has 0 bridgehead atoms. The molecule has 0 aliphatic rings. The van der Waals surface area contributed by atoms with E-state index >= 15 is 0 Å². The van der Waals surface area contributed by atoms with E-state index in [9.17, 15) is 14.0 Å². The van der Waals surface area contributed by atoms with Crippen molar-refractivity contribution in [2.45, 2.75) is 39.7 Å². The van der Waals surface area contributed by atoms with Crippen LogP contribution >= 0.6 is 0 Å². The van der Waals surface area contributed by atoms with Crippen molar-refractivity contribution in [3.63, 3.8) is 0 Å². The maximum absolute atomic E-state index is 13.8. The lowest BCUT2D eigenvalue weighted by Gasteiger charge is -2.15. The summed E-state index contributed by atoms with van der Waals surface area (Å²) in [5.41, 5.74) is 3.43. The molecule has 0 aliphatic carbocycles. The monoisotopic (exact) mass is 357 g/mol. The summed E-state index contributed by atoms with van der Waals surface area (Å²) in [6.45, 7) is 5.71. The quantitative estimate of drug-likeness (QED) is 0.752. The van der Waals surface area contributed by atoms with E-state index in [2.05, 4.69) is 5.32 Å². The smallest absolute Gasteiger partial charge is 0.220 e. The lowest BCUT2D eigenvalue weighted by atomic mass is 10.0. The zero-order valence-electron chi connectivity index (χ0n) is 15.6. The van der Waals surface area contributed by atoms with Crippen LogP contribution in [0.15, 0.2) is 36.4 Å². The maximum atomic E-state index is 13.8. The summed E-state index contributed by atoms with van der Waals surface area (Å²) in [5.74, 6) is -0.625. The van der Waals surface area contributed by atoms with E-state index in [1.165, 1.54) is 19.2 Å². The number of rotatable bonds is 7. The van der Waals surface area contributed by atoms with Crippen molar-refractivity contribution in [2.24, 2.45) is 0 Å². The molecule has 0 fully saturated rings. The van der Waals surface area contributed by atoms with Crippen LogP contribution in [0.4, 0.5) is 4.39 Å². The molecule has 5 heteroatoms. The molecule has 4 nitrogen and oxygen atoms in total. The standard InChI is InChI=1S/C21H24FNO3/c1-13-5-6-17(11-14(13)2)19(24)8-10-21(25)23-15(3)16-7-9-20(26-4)18(22)12-16/h5-7,9,11-12,15H,8,10H2,1-4H3,(H,23,25)/t15-/m1/s1. The first-order chi connectivity index (χ1) is 12.3. The molecule has 0 saturated carbocycles. The van der Waals surface area contributed by atoms with Crippen LogP contribution in [0.5, 0.6) is 5.75 Å². The van der Waals surface area contributed by atoms with Crippen LogP contribution in [0.1, 0.15) is 52.9 Å². The van der Waals surface area contributed by atoms with Crippen LogP contribution in [0.2, 0.25) is 0 Å². The fourth-order valence-electron chi connectivity index (χ4n) is 2.64. The molecule has 1 N–H and O–H groups in total. The van der Waals surface area contributed by atoms with Crippen molar-refractivity contribution in [3.05, 3.63) is 64.5 Å². The van der Waals surface area contributed by atoms with Gasteiger partial charge in [-0.2, -0.15) is 0 Å². The number of halogens is 1. The van der Waals surface area contributed by atoms with Gasteiger partial charge in [-0.05, 0) is 55.7 Å². The van der Waals surface area contributed by atoms with Gasteiger partial charge >= 0.3 is 0 Å². The molecule has 0 aliphatic heterocycles. The highest BCUT2D eigenvalue weighted by atomic mass is 19.1. The van der Waals surface area contributed by atoms with Gasteiger partial charge in [0.05, 0.1) is 13.2 Å². The number of hydrogen-bond acceptors (Lipinski definition) is 3. The lowest BCUT2D eigenvalue weighted by Crippen LogP contribution is -2.27. The van der Waals surface area contributed by atoms with E-state index in [1.54, 1.807) is 19.1 Å². The van der Waals surface area contributed by atoms with Crippen molar-refractivity contribution in [3.8, 4) is 5.75 Å². The zero-order valence-corrected chi connectivity index (χ0v) is 15.6. The highest BCUT2D eigenvalue weighted by Crippen LogP contribution is 2.22. The molecule has 138 valence electrons. The molecule has 0 radical (unpaired) electrons. The number of ketones is 1. The van der Waals surface area contributed by atoms with Gasteiger partial charge < -0.3 is 10.1 Å². The third-order valence-electron chi connectivity index (χ3n) is 4.46. The third-order valence-corrected chi connectivity index (χ3v) is 4.46. The van der Waals surface area contributed by atoms with E-state index in [0.717, 1.165) is 11.1 Å². The van der Waals surface area contributed by atoms with Crippen molar-refractivity contribution in [2.75, 3.05) is 7.11 Å². The van der Waals surface area contributed by atoms with Gasteiger partial charge in [0, 0.05) is 18.4 Å². The van der Waals surface area contributed by atoms with Crippen LogP contribution in [-0.2, 0) is 4.79 Å². The number of benzene rings is 2. The fourth-order valence-corrected chi connectivity index (χ4v) is 2.64. The van der Waals surface area contributed by atoms with E-state index in [1.807, 2.05) is 26.0 Å². The number of ether oxygens (including phenoxy) is 1. The maximum Gasteiger partial charge on any atom is 0.220 e. The number of methoxy groups -OCH3 is 1. The first-order valence-electron chi connectivity index (χ1n) is 8.55. The Kier molecular flexibility index (Phi) is 6.50. The Morgan fingerprint density at radius 1 is 1.08 bits per heavy atom. The molecule has 26 heavy (non-hydrogen) atoms. The van der Waals surface area contributed by atoms with Crippen molar-refractivity contribution < 1.29 is 18.7 Å². The van der Waals surface area contributed by atoms with E-state index in [0.29, 0.717) is 11.1 Å². The minimum Gasteiger partial charge on any atom is -0.494 e. The average Bonchev–Trinajstić information content (AvgIpc) is 2.61. The lowest BCUT2D eigenvalue weighted by molar-refractivity contribution is -0.121. The third kappa shape index (κ3) is 4.91. The summed E-state index contributed by atoms with van der Waals surface area (Å²) >= 11 is 0. The van der Waals surface area contributed by atoms with Gasteiger partial charge in [-0.25, -0.2) is 4.39 Å². The van der Waals surface area contributed by atoms with Gasteiger partial charge in [0.1, 0.15) is 0 Å². The SMILES string of the molecule is COc1ccc([C@@H](C)NC(=O)CCC(=O)c2ccc(C)c(C)c2)cc1F. The van der Waals surface area contributed by atoms with E-state index in [4.69, 9.17) is 4.74 Å². The summed E-state index contributed by atoms with van der Waals surface area (Å²) < 4.78 is 18.7. The number of hydrogen-bond donors (Lipinski definition) is 1. The van der Waals surface area contributed by atoms with Gasteiger partial charge in [-0.1, -0.05) is 18.2 Å². The first-order valence-corrected chi connectivity index (χ1v) is 8.55. The van der Waals surface area contributed by atoms with E-state index in [-0.39, 0.29) is 36.3 Å². The number of nitrogens with one attached hydrogen (secondary N) is 1. The highest BCUT2D eigenvalue weighted by molar-refractivity contribution is 5.98. The Morgan fingerprint density at radius 3 is 2.42 bits per heavy atom. The van der Waals surface area contributed by atoms with Crippen LogP contribution < -0.4 is 10.1 Å². The van der Waals surface area contributed by atoms with Gasteiger partial charge in [0.15, 0.2) is 17.3 Å². The molecule has 0 aromatic heterocycles. The van der Waals surface area contributed by atoms with Crippen LogP contribution in [0.3, 0.4) is 0 Å². The molecule has 2 aromatic rings. The molecular formula is C21H24FNO3. The van der Waals surface area contributed by atoms with Gasteiger partial charge in [-0.3, -0.25) is 9.59 Å². The predicted octanol–water partition coefficient (Wildman–Crippen LogP) is 4.29. The molecule has 0 unspecified atom stereocenters. The Bertz CT molecular complexity index is 817. The number of carbonyl (C=O) groups excluding carboxylic acids is 2. The van der Waals surface area contributed by atoms with Crippen molar-refractivity contribution >= 4 is 11.7 Å². The van der Waals surface area contributed by atoms with Crippen LogP contribution in [0, 0.1) is 19.7 Å². The Hall–Kier alpha value is -2.69. The molecule has 0 saturated heterocycles. The Balaban J connectivity index is 1.90. The molecule has 2 aromatic carbocycles. The topological polar surface area (TPSA) is 55.4 Å². The predicted molar refractivity (Wildman–Crippen MR) is 99.0 cm³/mol. The fraction of sp³-hybridized carbons (Fsp3) is 0.333. The largest absolute Gasteiger partial charge is 0.494 e. The minimum absolute atomic E-state index is 0.0635. The second-order valence-corrected chi connectivity index (χ2v) is 6.41.